The van der Waals surface area contributed by atoms with Gasteiger partial charge in [0.15, 0.2) is 0 Å². The van der Waals surface area contributed by atoms with Crippen LogP contribution in [0.3, 0.4) is 0 Å². The number of pyridine rings is 1. The fourth-order valence-electron chi connectivity index (χ4n) is 0.592. The molecule has 0 saturated carbocycles. The molecule has 1 N–H and O–H groups in total. The van der Waals surface area contributed by atoms with E-state index >= 15 is 0 Å². The Morgan fingerprint density at radius 1 is 1.40 bits per heavy atom. The standard InChI is InChI=1S/C6H5F2NS/c7-6(8)4-2-1-3-5(10)9-4/h1-3,6H,(H,9,10). The van der Waals surface area contributed by atoms with Crippen LogP contribution in [0.4, 0.5) is 8.78 Å². The third kappa shape index (κ3) is 1.60. The summed E-state index contributed by atoms with van der Waals surface area (Å²) in [5.41, 5.74) is -0.132. The molecule has 0 bridgehead atoms. The maximum Gasteiger partial charge on any atom is 0.278 e. The molecule has 0 aliphatic heterocycles. The molecule has 0 saturated heterocycles. The van der Waals surface area contributed by atoms with Gasteiger partial charge in [-0.3, -0.25) is 0 Å². The van der Waals surface area contributed by atoms with Crippen LogP contribution in [0.2, 0.25) is 0 Å². The lowest BCUT2D eigenvalue weighted by molar-refractivity contribution is 0.146. The van der Waals surface area contributed by atoms with Crippen LogP contribution in [0.25, 0.3) is 0 Å². The number of alkyl halides is 2. The lowest BCUT2D eigenvalue weighted by Crippen LogP contribution is -1.87. The summed E-state index contributed by atoms with van der Waals surface area (Å²) in [6.45, 7) is 0. The first-order valence-corrected chi connectivity index (χ1v) is 3.08. The molecule has 1 aromatic rings. The van der Waals surface area contributed by atoms with E-state index in [2.05, 4.69) is 17.2 Å². The number of hydrogen-bond acceptors (Lipinski definition) is 1. The van der Waals surface area contributed by atoms with Gasteiger partial charge >= 0.3 is 0 Å². The Morgan fingerprint density at radius 2 is 2.10 bits per heavy atom. The van der Waals surface area contributed by atoms with Crippen molar-refractivity contribution in [1.82, 2.24) is 4.98 Å². The van der Waals surface area contributed by atoms with Gasteiger partial charge in [-0.1, -0.05) is 18.3 Å². The zero-order valence-electron chi connectivity index (χ0n) is 4.97. The fraction of sp³-hybridized carbons (Fsp3) is 0.167. The molecule has 1 nitrogen and oxygen atoms in total. The van der Waals surface area contributed by atoms with E-state index in [-0.39, 0.29) is 5.69 Å². The monoisotopic (exact) mass is 161 g/mol. The molecule has 0 aromatic carbocycles. The van der Waals surface area contributed by atoms with Crippen molar-refractivity contribution < 1.29 is 8.78 Å². The lowest BCUT2D eigenvalue weighted by atomic mass is 10.4. The van der Waals surface area contributed by atoms with E-state index in [0.717, 1.165) is 0 Å². The van der Waals surface area contributed by atoms with Crippen molar-refractivity contribution in [1.29, 1.82) is 0 Å². The minimum atomic E-state index is -2.47. The zero-order chi connectivity index (χ0) is 7.56. The highest BCUT2D eigenvalue weighted by Crippen LogP contribution is 2.14. The van der Waals surface area contributed by atoms with Crippen LogP contribution in [0.1, 0.15) is 12.1 Å². The lowest BCUT2D eigenvalue weighted by Gasteiger charge is -1.96. The van der Waals surface area contributed by atoms with Crippen LogP contribution in [-0.2, 0) is 0 Å². The third-order valence-electron chi connectivity index (χ3n) is 1.03. The highest BCUT2D eigenvalue weighted by atomic mass is 32.1. The molecule has 0 spiro atoms. The maximum atomic E-state index is 11.9. The Bertz CT molecular complexity index is 268. The van der Waals surface area contributed by atoms with Gasteiger partial charge in [0.05, 0.1) is 5.69 Å². The van der Waals surface area contributed by atoms with Gasteiger partial charge < -0.3 is 4.98 Å². The number of H-pyrrole nitrogens is 1. The highest BCUT2D eigenvalue weighted by Gasteiger charge is 2.04. The summed E-state index contributed by atoms with van der Waals surface area (Å²) in [5, 5.41) is 0. The fourth-order valence-corrected chi connectivity index (χ4v) is 0.788. The Labute approximate surface area is 61.7 Å². The average molecular weight is 161 g/mol. The van der Waals surface area contributed by atoms with Gasteiger partial charge in [0, 0.05) is 0 Å². The van der Waals surface area contributed by atoms with Crippen molar-refractivity contribution in [2.75, 3.05) is 0 Å². The van der Waals surface area contributed by atoms with E-state index in [1.165, 1.54) is 12.1 Å². The molecule has 0 unspecified atom stereocenters. The highest BCUT2D eigenvalue weighted by molar-refractivity contribution is 7.71. The smallest absolute Gasteiger partial charge is 0.278 e. The molecule has 54 valence electrons. The molecule has 0 radical (unpaired) electrons. The molecular weight excluding hydrogens is 156 g/mol. The molecular formula is C6H5F2NS. The van der Waals surface area contributed by atoms with Crippen molar-refractivity contribution in [2.24, 2.45) is 0 Å². The first-order chi connectivity index (χ1) is 4.70. The normalized spacial score (nSPS) is 10.3. The Morgan fingerprint density at radius 3 is 2.50 bits per heavy atom. The van der Waals surface area contributed by atoms with Crippen LogP contribution in [0.5, 0.6) is 0 Å². The van der Waals surface area contributed by atoms with Crippen LogP contribution >= 0.6 is 12.2 Å². The number of rotatable bonds is 1. The minimum Gasteiger partial charge on any atom is -0.345 e. The van der Waals surface area contributed by atoms with Crippen molar-refractivity contribution in [3.63, 3.8) is 0 Å². The minimum absolute atomic E-state index is 0.132. The number of hydrogen-bond donors (Lipinski definition) is 1. The van der Waals surface area contributed by atoms with Gasteiger partial charge in [-0.05, 0) is 12.1 Å². The first kappa shape index (κ1) is 7.34. The summed E-state index contributed by atoms with van der Waals surface area (Å²) in [6, 6.07) is 4.36. The number of aromatic amines is 1. The Kier molecular flexibility index (Phi) is 2.11. The predicted molar refractivity (Wildman–Crippen MR) is 36.6 cm³/mol. The van der Waals surface area contributed by atoms with Gasteiger partial charge in [0.2, 0.25) is 0 Å². The van der Waals surface area contributed by atoms with Gasteiger partial charge in [-0.15, -0.1) is 0 Å². The second-order valence-electron chi connectivity index (χ2n) is 1.77. The quantitative estimate of drug-likeness (QED) is 0.626. The summed E-state index contributed by atoms with van der Waals surface area (Å²) in [7, 11) is 0. The molecule has 0 amide bonds. The van der Waals surface area contributed by atoms with Gasteiger partial charge in [-0.25, -0.2) is 8.78 Å². The molecule has 0 atom stereocenters. The van der Waals surface area contributed by atoms with E-state index < -0.39 is 6.43 Å². The molecule has 10 heavy (non-hydrogen) atoms. The third-order valence-corrected chi connectivity index (χ3v) is 1.26. The summed E-state index contributed by atoms with van der Waals surface area (Å²) >= 11 is 4.63. The van der Waals surface area contributed by atoms with Crippen LogP contribution < -0.4 is 0 Å². The van der Waals surface area contributed by atoms with Gasteiger partial charge in [0.1, 0.15) is 4.64 Å². The molecule has 1 heterocycles. The summed E-state index contributed by atoms with van der Waals surface area (Å²) in [4.78, 5) is 2.37. The average Bonchev–Trinajstić information content (AvgIpc) is 1.88. The van der Waals surface area contributed by atoms with Crippen molar-refractivity contribution in [2.45, 2.75) is 6.43 Å². The summed E-state index contributed by atoms with van der Waals surface area (Å²) in [6.07, 6.45) is -2.47. The van der Waals surface area contributed by atoms with Crippen molar-refractivity contribution >= 4 is 12.2 Å². The molecule has 0 fully saturated rings. The van der Waals surface area contributed by atoms with E-state index in [0.29, 0.717) is 4.64 Å². The molecule has 0 aliphatic carbocycles. The molecule has 0 aliphatic rings. The van der Waals surface area contributed by atoms with E-state index in [1.807, 2.05) is 0 Å². The zero-order valence-corrected chi connectivity index (χ0v) is 5.79. The molecule has 1 aromatic heterocycles. The molecule has 4 heteroatoms. The van der Waals surface area contributed by atoms with Crippen LogP contribution in [0, 0.1) is 4.64 Å². The second kappa shape index (κ2) is 2.88. The Hall–Kier alpha value is -0.770. The van der Waals surface area contributed by atoms with E-state index in [9.17, 15) is 8.78 Å². The molecule has 1 rings (SSSR count). The SMILES string of the molecule is FC(F)c1cccc(=S)[nH]1. The summed E-state index contributed by atoms with van der Waals surface area (Å²) in [5.74, 6) is 0. The van der Waals surface area contributed by atoms with Crippen LogP contribution in [0.15, 0.2) is 18.2 Å². The first-order valence-electron chi connectivity index (χ1n) is 2.67. The number of aromatic nitrogens is 1. The van der Waals surface area contributed by atoms with Gasteiger partial charge in [0.25, 0.3) is 6.43 Å². The number of nitrogens with one attached hydrogen (secondary N) is 1. The second-order valence-corrected chi connectivity index (χ2v) is 2.21. The van der Waals surface area contributed by atoms with Gasteiger partial charge in [-0.2, -0.15) is 0 Å². The van der Waals surface area contributed by atoms with E-state index in [1.54, 1.807) is 6.07 Å². The summed E-state index contributed by atoms with van der Waals surface area (Å²) < 4.78 is 24.1. The predicted octanol–water partition coefficient (Wildman–Crippen LogP) is 2.68. The topological polar surface area (TPSA) is 15.8 Å². The number of halogens is 2. The van der Waals surface area contributed by atoms with Crippen LogP contribution in [-0.4, -0.2) is 4.98 Å². The van der Waals surface area contributed by atoms with E-state index in [4.69, 9.17) is 0 Å². The Balaban J connectivity index is 3.07. The maximum absolute atomic E-state index is 11.9. The van der Waals surface area contributed by atoms with Crippen molar-refractivity contribution in [3.8, 4) is 0 Å². The largest absolute Gasteiger partial charge is 0.345 e. The van der Waals surface area contributed by atoms with Crippen molar-refractivity contribution in [3.05, 3.63) is 28.5 Å².